The molecule has 2 aromatic carbocycles. The van der Waals surface area contributed by atoms with Gasteiger partial charge in [-0.3, -0.25) is 0 Å². The van der Waals surface area contributed by atoms with E-state index in [1.54, 1.807) is 3.28 Å². The number of hydrogen-bond acceptors (Lipinski definition) is 0. The van der Waals surface area contributed by atoms with Crippen molar-refractivity contribution in [2.45, 2.75) is 47.5 Å². The maximum Gasteiger partial charge on any atom is -0.147 e. The maximum atomic E-state index is 6.99. The van der Waals surface area contributed by atoms with Gasteiger partial charge < -0.3 is 0 Å². The third-order valence-corrected chi connectivity index (χ3v) is 25.9. The molecule has 2 aromatic rings. The van der Waals surface area contributed by atoms with Gasteiger partial charge in [0.25, 0.3) is 0 Å². The van der Waals surface area contributed by atoms with E-state index < -0.39 is 17.4 Å². The molecule has 33 heavy (non-hydrogen) atoms. The van der Waals surface area contributed by atoms with E-state index in [-0.39, 0.29) is 24.8 Å². The van der Waals surface area contributed by atoms with Crippen LogP contribution in [-0.4, -0.2) is 6.88 Å². The molecule has 0 amide bonds. The van der Waals surface area contributed by atoms with Crippen LogP contribution < -0.4 is 0 Å². The molecule has 4 rings (SSSR count). The second-order valence-electron chi connectivity index (χ2n) is 10.6. The molecule has 0 radical (unpaired) electrons. The zero-order valence-corrected chi connectivity index (χ0v) is 27.5. The van der Waals surface area contributed by atoms with E-state index in [1.807, 2.05) is 6.07 Å². The molecule has 2 aliphatic carbocycles. The Morgan fingerprint density at radius 1 is 0.848 bits per heavy atom. The van der Waals surface area contributed by atoms with Crippen LogP contribution in [0.4, 0.5) is 0 Å². The Morgan fingerprint density at radius 2 is 1.42 bits per heavy atom. The van der Waals surface area contributed by atoms with Gasteiger partial charge >= 0.3 is 201 Å². The van der Waals surface area contributed by atoms with Crippen LogP contribution in [0.5, 0.6) is 0 Å². The SMILES string of the molecule is CC1=C(C)C(C)[C]([Zr]([CH3])([CH3])(=[SiH2])[CH]2C(C)=C(c3ccccc3)c3cc(Cl)cc(Cl)c32)=C1C.Cl.Cl. The molecule has 0 saturated carbocycles. The molecular weight excluding hydrogens is 585 g/mol. The molecule has 0 aromatic heterocycles. The average molecular weight is 620 g/mol. The third-order valence-electron chi connectivity index (χ3n) is 7.99. The van der Waals surface area contributed by atoms with E-state index in [1.165, 1.54) is 44.6 Å². The van der Waals surface area contributed by atoms with Gasteiger partial charge in [0.1, 0.15) is 0 Å². The van der Waals surface area contributed by atoms with Crippen LogP contribution in [0.3, 0.4) is 0 Å². The maximum absolute atomic E-state index is 6.99. The average Bonchev–Trinajstić information content (AvgIpc) is 3.09. The Bertz CT molecular complexity index is 1280. The summed E-state index contributed by atoms with van der Waals surface area (Å²) in [7, 11) is 0. The molecule has 0 nitrogen and oxygen atoms in total. The fourth-order valence-electron chi connectivity index (χ4n) is 6.65. The molecular formula is C27H34Cl4SiZr. The van der Waals surface area contributed by atoms with Gasteiger partial charge in [0, 0.05) is 0 Å². The summed E-state index contributed by atoms with van der Waals surface area (Å²) >= 11 is 9.98. The quantitative estimate of drug-likeness (QED) is 0.301. The first-order valence-corrected chi connectivity index (χ1v) is 25.3. The van der Waals surface area contributed by atoms with Crippen LogP contribution in [0.15, 0.2) is 68.0 Å². The van der Waals surface area contributed by atoms with Crippen molar-refractivity contribution >= 4 is 60.5 Å². The number of rotatable bonds is 3. The third kappa shape index (κ3) is 4.47. The second-order valence-corrected chi connectivity index (χ2v) is 40.9. The van der Waals surface area contributed by atoms with Gasteiger partial charge in [-0.1, -0.05) is 0 Å². The van der Waals surface area contributed by atoms with Crippen molar-refractivity contribution in [3.8, 4) is 0 Å². The van der Waals surface area contributed by atoms with Crippen LogP contribution in [0.1, 0.15) is 54.9 Å². The molecule has 6 heteroatoms. The summed E-state index contributed by atoms with van der Waals surface area (Å²) in [5, 5.41) is 1.53. The predicted octanol–water partition coefficient (Wildman–Crippen LogP) is 9.31. The molecule has 0 saturated heterocycles. The Morgan fingerprint density at radius 3 is 1.94 bits per heavy atom. The van der Waals surface area contributed by atoms with E-state index >= 15 is 0 Å². The fraction of sp³-hybridized carbons (Fsp3) is 0.333. The van der Waals surface area contributed by atoms with Crippen molar-refractivity contribution in [2.24, 2.45) is 5.92 Å². The molecule has 0 spiro atoms. The number of halogens is 4. The first-order chi connectivity index (χ1) is 14.3. The van der Waals surface area contributed by atoms with Crippen molar-refractivity contribution in [3.63, 3.8) is 0 Å². The molecule has 0 bridgehead atoms. The van der Waals surface area contributed by atoms with Crippen LogP contribution in [0.2, 0.25) is 19.3 Å². The smallest absolute Gasteiger partial charge is 0.147 e. The molecule has 0 fully saturated rings. The van der Waals surface area contributed by atoms with Crippen LogP contribution in [0, 0.1) is 5.92 Å². The van der Waals surface area contributed by atoms with Crippen molar-refractivity contribution < 1.29 is 17.4 Å². The van der Waals surface area contributed by atoms with Gasteiger partial charge in [-0.25, -0.2) is 0 Å². The summed E-state index contributed by atoms with van der Waals surface area (Å²) in [6.07, 6.45) is 0. The van der Waals surface area contributed by atoms with Crippen LogP contribution >= 0.6 is 48.0 Å². The second kappa shape index (κ2) is 9.76. The van der Waals surface area contributed by atoms with E-state index in [0.717, 1.165) is 5.02 Å². The molecule has 2 aliphatic rings. The zero-order valence-electron chi connectivity index (χ0n) is 20.5. The summed E-state index contributed by atoms with van der Waals surface area (Å²) in [6.45, 7) is 14.1. The normalized spacial score (nSPS) is 20.7. The summed E-state index contributed by atoms with van der Waals surface area (Å²) in [6, 6.07) is 14.8. The number of fused-ring (bicyclic) bond motifs is 1. The molecule has 2 unspecified atom stereocenters. The number of benzene rings is 2. The van der Waals surface area contributed by atoms with Gasteiger partial charge in [-0.05, 0) is 0 Å². The number of hydrogen-bond donors (Lipinski definition) is 0. The predicted molar refractivity (Wildman–Crippen MR) is 152 cm³/mol. The fourth-order valence-corrected chi connectivity index (χ4v) is 29.0. The summed E-state index contributed by atoms with van der Waals surface area (Å²) < 4.78 is 7.39. The van der Waals surface area contributed by atoms with Gasteiger partial charge in [-0.2, -0.15) is 0 Å². The number of allylic oxidation sites excluding steroid dienone is 5. The molecule has 0 aliphatic heterocycles. The standard InChI is InChI=1S/C16H11Cl2.C9H13.2CH3.2ClH.H2Si.Zr/c1-10-7-13-14(8-12(17)9-15(13)18)16(10)11-5-3-2-4-6-11;1-6-5-7(2)9(4)8(6)3;;;;;;/h2-9H,1H3;6H,1-4H3;2*1H3;2*1H;1H2;. The van der Waals surface area contributed by atoms with Crippen molar-refractivity contribution in [1.82, 2.24) is 0 Å². The van der Waals surface area contributed by atoms with Gasteiger partial charge in [0.05, 0.1) is 0 Å². The van der Waals surface area contributed by atoms with E-state index in [0.29, 0.717) is 14.6 Å². The molecule has 178 valence electrons. The van der Waals surface area contributed by atoms with Gasteiger partial charge in [0.15, 0.2) is 0 Å². The molecule has 2 atom stereocenters. The Kier molecular flexibility index (Phi) is 8.62. The monoisotopic (exact) mass is 616 g/mol. The van der Waals surface area contributed by atoms with E-state index in [4.69, 9.17) is 23.2 Å². The van der Waals surface area contributed by atoms with Crippen molar-refractivity contribution in [3.05, 3.63) is 94.8 Å². The van der Waals surface area contributed by atoms with E-state index in [2.05, 4.69) is 87.2 Å². The summed E-state index contributed by atoms with van der Waals surface area (Å²) in [4.78, 5) is 0. The van der Waals surface area contributed by atoms with Crippen LogP contribution in [0.25, 0.3) is 5.57 Å². The van der Waals surface area contributed by atoms with E-state index in [9.17, 15) is 0 Å². The topological polar surface area (TPSA) is 0 Å². The first-order valence-electron chi connectivity index (χ1n) is 11.1. The van der Waals surface area contributed by atoms with Crippen LogP contribution in [-0.2, 0) is 17.4 Å². The Balaban J connectivity index is 0.00000193. The zero-order chi connectivity index (χ0) is 22.9. The molecule has 0 heterocycles. The minimum Gasteiger partial charge on any atom is -0.147 e. The van der Waals surface area contributed by atoms with Gasteiger partial charge in [0.2, 0.25) is 0 Å². The minimum atomic E-state index is -3.55. The largest absolute Gasteiger partial charge is 0.147 e. The molecule has 0 N–H and O–H groups in total. The first kappa shape index (κ1) is 29.2. The minimum absolute atomic E-state index is 0. The Labute approximate surface area is 224 Å². The Hall–Kier alpha value is -0.0800. The summed E-state index contributed by atoms with van der Waals surface area (Å²) in [5.41, 5.74) is 11.1. The van der Waals surface area contributed by atoms with Gasteiger partial charge in [-0.15, -0.1) is 24.8 Å². The van der Waals surface area contributed by atoms with Crippen molar-refractivity contribution in [1.29, 1.82) is 0 Å². The summed E-state index contributed by atoms with van der Waals surface area (Å²) in [5.74, 6) is 0.515. The van der Waals surface area contributed by atoms with Crippen molar-refractivity contribution in [2.75, 3.05) is 0 Å².